The van der Waals surface area contributed by atoms with Crippen LogP contribution in [0.15, 0.2) is 24.4 Å². The molecule has 0 aliphatic rings. The van der Waals surface area contributed by atoms with Crippen LogP contribution in [0.1, 0.15) is 5.69 Å². The zero-order valence-corrected chi connectivity index (χ0v) is 9.50. The molecule has 2 rings (SSSR count). The summed E-state index contributed by atoms with van der Waals surface area (Å²) in [5.41, 5.74) is 0.864. The van der Waals surface area contributed by atoms with Crippen LogP contribution in [0.3, 0.4) is 0 Å². The van der Waals surface area contributed by atoms with Gasteiger partial charge >= 0.3 is 5.97 Å². The lowest BCUT2D eigenvalue weighted by molar-refractivity contribution is -0.136. The summed E-state index contributed by atoms with van der Waals surface area (Å²) in [6, 6.07) is 4.19. The number of aromatic nitrogens is 3. The van der Waals surface area contributed by atoms with Crippen LogP contribution in [0.2, 0.25) is 0 Å². The average Bonchev–Trinajstić information content (AvgIpc) is 2.77. The number of ether oxygens (including phenoxy) is 1. The molecule has 6 nitrogen and oxygen atoms in total. The number of aliphatic carboxylic acids is 1. The Labute approximate surface area is 102 Å². The van der Waals surface area contributed by atoms with Crippen molar-refractivity contribution in [1.29, 1.82) is 0 Å². The first-order chi connectivity index (χ1) is 8.60. The molecular formula is C11H10FN3O3. The van der Waals surface area contributed by atoms with Gasteiger partial charge in [-0.05, 0) is 12.1 Å². The number of benzene rings is 1. The number of carbonyl (C=O) groups is 1. The summed E-state index contributed by atoms with van der Waals surface area (Å²) in [7, 11) is 1.36. The average molecular weight is 251 g/mol. The summed E-state index contributed by atoms with van der Waals surface area (Å²) in [5, 5.41) is 16.1. The van der Waals surface area contributed by atoms with Crippen molar-refractivity contribution in [1.82, 2.24) is 15.0 Å². The van der Waals surface area contributed by atoms with Crippen LogP contribution < -0.4 is 4.74 Å². The maximum atomic E-state index is 13.2. The second kappa shape index (κ2) is 4.82. The van der Waals surface area contributed by atoms with Crippen molar-refractivity contribution < 1.29 is 19.0 Å². The predicted octanol–water partition coefficient (Wildman–Crippen LogP) is 1.04. The molecule has 1 aromatic heterocycles. The lowest BCUT2D eigenvalue weighted by Crippen LogP contribution is -2.00. The Morgan fingerprint density at radius 3 is 3.00 bits per heavy atom. The lowest BCUT2D eigenvalue weighted by Gasteiger charge is -2.04. The second-order valence-corrected chi connectivity index (χ2v) is 3.54. The van der Waals surface area contributed by atoms with Gasteiger partial charge in [0.2, 0.25) is 0 Å². The SMILES string of the molecule is COc1cc(-n2cc(CC(=O)O)nn2)ccc1F. The number of nitrogens with zero attached hydrogens (tertiary/aromatic N) is 3. The van der Waals surface area contributed by atoms with Gasteiger partial charge in [0.1, 0.15) is 0 Å². The Morgan fingerprint density at radius 1 is 1.56 bits per heavy atom. The highest BCUT2D eigenvalue weighted by atomic mass is 19.1. The summed E-state index contributed by atoms with van der Waals surface area (Å²) in [5.74, 6) is -1.38. The van der Waals surface area contributed by atoms with Gasteiger partial charge in [-0.1, -0.05) is 5.21 Å². The van der Waals surface area contributed by atoms with Crippen molar-refractivity contribution >= 4 is 5.97 Å². The number of hydrogen-bond acceptors (Lipinski definition) is 4. The maximum absolute atomic E-state index is 13.2. The molecule has 18 heavy (non-hydrogen) atoms. The van der Waals surface area contributed by atoms with Gasteiger partial charge in [-0.25, -0.2) is 9.07 Å². The van der Waals surface area contributed by atoms with Crippen LogP contribution in [0.25, 0.3) is 5.69 Å². The van der Waals surface area contributed by atoms with Crippen molar-refractivity contribution in [2.75, 3.05) is 7.11 Å². The molecule has 7 heteroatoms. The molecule has 2 aromatic rings. The molecule has 0 atom stereocenters. The third-order valence-corrected chi connectivity index (χ3v) is 2.27. The van der Waals surface area contributed by atoms with E-state index in [0.717, 1.165) is 0 Å². The fourth-order valence-electron chi connectivity index (χ4n) is 1.45. The first-order valence-electron chi connectivity index (χ1n) is 5.07. The van der Waals surface area contributed by atoms with Crippen LogP contribution in [0.4, 0.5) is 4.39 Å². The Morgan fingerprint density at radius 2 is 2.33 bits per heavy atom. The Hall–Kier alpha value is -2.44. The summed E-state index contributed by atoms with van der Waals surface area (Å²) in [6.07, 6.45) is 1.26. The van der Waals surface area contributed by atoms with Crippen molar-refractivity contribution in [3.8, 4) is 11.4 Å². The van der Waals surface area contributed by atoms with Gasteiger partial charge in [0.25, 0.3) is 0 Å². The molecule has 0 amide bonds. The molecular weight excluding hydrogens is 241 g/mol. The Balaban J connectivity index is 2.31. The molecule has 0 aliphatic heterocycles. The van der Waals surface area contributed by atoms with Crippen molar-refractivity contribution in [2.24, 2.45) is 0 Å². The monoisotopic (exact) mass is 251 g/mol. The highest BCUT2D eigenvalue weighted by Gasteiger charge is 2.09. The smallest absolute Gasteiger partial charge is 0.309 e. The van der Waals surface area contributed by atoms with E-state index in [1.54, 1.807) is 0 Å². The van der Waals surface area contributed by atoms with Gasteiger partial charge in [-0.15, -0.1) is 5.10 Å². The zero-order chi connectivity index (χ0) is 13.1. The molecule has 0 spiro atoms. The van der Waals surface area contributed by atoms with E-state index in [1.165, 1.54) is 36.2 Å². The Kier molecular flexibility index (Phi) is 3.22. The van der Waals surface area contributed by atoms with Crippen LogP contribution in [0.5, 0.6) is 5.75 Å². The van der Waals surface area contributed by atoms with Crippen molar-refractivity contribution in [2.45, 2.75) is 6.42 Å². The first-order valence-corrected chi connectivity index (χ1v) is 5.07. The fourth-order valence-corrected chi connectivity index (χ4v) is 1.45. The molecule has 0 unspecified atom stereocenters. The topological polar surface area (TPSA) is 77.2 Å². The third kappa shape index (κ3) is 2.45. The molecule has 1 heterocycles. The van der Waals surface area contributed by atoms with E-state index in [9.17, 15) is 9.18 Å². The lowest BCUT2D eigenvalue weighted by atomic mass is 10.3. The molecule has 1 N–H and O–H groups in total. The van der Waals surface area contributed by atoms with Crippen molar-refractivity contribution in [3.63, 3.8) is 0 Å². The number of carboxylic acid groups (broad SMARTS) is 1. The highest BCUT2D eigenvalue weighted by molar-refractivity contribution is 5.69. The molecule has 0 radical (unpaired) electrons. The number of rotatable bonds is 4. The van der Waals surface area contributed by atoms with E-state index in [2.05, 4.69) is 10.3 Å². The van der Waals surface area contributed by atoms with E-state index in [4.69, 9.17) is 9.84 Å². The molecule has 1 aromatic carbocycles. The molecule has 0 saturated heterocycles. The number of hydrogen-bond donors (Lipinski definition) is 1. The zero-order valence-electron chi connectivity index (χ0n) is 9.50. The van der Waals surface area contributed by atoms with Crippen LogP contribution in [0, 0.1) is 5.82 Å². The van der Waals surface area contributed by atoms with Crippen LogP contribution >= 0.6 is 0 Å². The van der Waals surface area contributed by atoms with E-state index in [-0.39, 0.29) is 12.2 Å². The predicted molar refractivity (Wildman–Crippen MR) is 59.2 cm³/mol. The third-order valence-electron chi connectivity index (χ3n) is 2.27. The van der Waals surface area contributed by atoms with Gasteiger partial charge in [0, 0.05) is 6.07 Å². The van der Waals surface area contributed by atoms with Gasteiger partial charge in [-0.2, -0.15) is 0 Å². The van der Waals surface area contributed by atoms with E-state index >= 15 is 0 Å². The number of carboxylic acids is 1. The quantitative estimate of drug-likeness (QED) is 0.878. The molecule has 0 bridgehead atoms. The molecule has 0 aliphatic carbocycles. The summed E-state index contributed by atoms with van der Waals surface area (Å²) < 4.78 is 19.4. The largest absolute Gasteiger partial charge is 0.494 e. The normalized spacial score (nSPS) is 10.3. The second-order valence-electron chi connectivity index (χ2n) is 3.54. The molecule has 0 fully saturated rings. The van der Waals surface area contributed by atoms with Gasteiger partial charge in [-0.3, -0.25) is 4.79 Å². The molecule has 94 valence electrons. The summed E-state index contributed by atoms with van der Waals surface area (Å²) in [4.78, 5) is 10.5. The highest BCUT2D eigenvalue weighted by Crippen LogP contribution is 2.20. The standard InChI is InChI=1S/C11H10FN3O3/c1-18-10-5-8(2-3-9(10)12)15-6-7(13-14-15)4-11(16)17/h2-3,5-6H,4H2,1H3,(H,16,17). The minimum atomic E-state index is -0.987. The van der Waals surface area contributed by atoms with Gasteiger partial charge in [0.15, 0.2) is 11.6 Å². The summed E-state index contributed by atoms with van der Waals surface area (Å²) in [6.45, 7) is 0. The number of methoxy groups -OCH3 is 1. The Bertz CT molecular complexity index is 583. The van der Waals surface area contributed by atoms with Gasteiger partial charge in [0.05, 0.1) is 31.1 Å². The van der Waals surface area contributed by atoms with E-state index in [0.29, 0.717) is 11.4 Å². The minimum Gasteiger partial charge on any atom is -0.494 e. The van der Waals surface area contributed by atoms with Crippen LogP contribution in [-0.2, 0) is 11.2 Å². The van der Waals surface area contributed by atoms with E-state index in [1.807, 2.05) is 0 Å². The fraction of sp³-hybridized carbons (Fsp3) is 0.182. The van der Waals surface area contributed by atoms with E-state index < -0.39 is 11.8 Å². The number of halogens is 1. The summed E-state index contributed by atoms with van der Waals surface area (Å²) >= 11 is 0. The van der Waals surface area contributed by atoms with Gasteiger partial charge < -0.3 is 9.84 Å². The molecule has 0 saturated carbocycles. The minimum absolute atomic E-state index is 0.0859. The van der Waals surface area contributed by atoms with Crippen molar-refractivity contribution in [3.05, 3.63) is 35.9 Å². The first kappa shape index (κ1) is 12.0. The van der Waals surface area contributed by atoms with Crippen LogP contribution in [-0.4, -0.2) is 33.2 Å². The maximum Gasteiger partial charge on any atom is 0.309 e.